The maximum Gasteiger partial charge on any atom is 0.319 e. The molecule has 8 nitrogen and oxygen atoms in total. The van der Waals surface area contributed by atoms with Gasteiger partial charge in [-0.25, -0.2) is 4.39 Å². The molecule has 1 aliphatic heterocycles. The van der Waals surface area contributed by atoms with Crippen LogP contribution in [0.3, 0.4) is 0 Å². The lowest BCUT2D eigenvalue weighted by molar-refractivity contribution is -0.126. The lowest BCUT2D eigenvalue weighted by Crippen LogP contribution is -2.48. The number of amides is 1. The summed E-state index contributed by atoms with van der Waals surface area (Å²) < 4.78 is 22.2. The number of halogens is 2. The van der Waals surface area contributed by atoms with Crippen molar-refractivity contribution in [2.45, 2.75) is 13.0 Å². The molecular weight excluding hydrogens is 509 g/mol. The molecule has 38 heavy (non-hydrogen) atoms. The highest BCUT2D eigenvalue weighted by atomic mass is 35.5. The van der Waals surface area contributed by atoms with Crippen molar-refractivity contribution in [3.05, 3.63) is 66.0 Å². The number of nitrogens with zero attached hydrogens (tertiary/aromatic N) is 4. The number of carbonyl (C=O) groups is 1. The van der Waals surface area contributed by atoms with Gasteiger partial charge >= 0.3 is 6.01 Å². The Kier molecular flexibility index (Phi) is 7.05. The number of phenolic OH excluding ortho intramolecular Hbond substituents is 1. The Balaban J connectivity index is 1.69. The summed E-state index contributed by atoms with van der Waals surface area (Å²) in [4.78, 5) is 24.7. The summed E-state index contributed by atoms with van der Waals surface area (Å²) >= 11 is 6.73. The highest BCUT2D eigenvalue weighted by Gasteiger charge is 2.27. The van der Waals surface area contributed by atoms with E-state index in [4.69, 9.17) is 22.1 Å². The molecule has 1 atom stereocenters. The molecule has 1 saturated heterocycles. The van der Waals surface area contributed by atoms with Gasteiger partial charge in [0.05, 0.1) is 5.02 Å². The lowest BCUT2D eigenvalue weighted by atomic mass is 9.96. The molecule has 1 aromatic heterocycles. The fourth-order valence-corrected chi connectivity index (χ4v) is 4.99. The van der Waals surface area contributed by atoms with Gasteiger partial charge in [0.2, 0.25) is 5.91 Å². The number of hydrogen-bond acceptors (Lipinski definition) is 7. The van der Waals surface area contributed by atoms with Crippen LogP contribution in [0.25, 0.3) is 32.8 Å². The van der Waals surface area contributed by atoms with Crippen molar-refractivity contribution in [1.29, 1.82) is 0 Å². The zero-order valence-corrected chi connectivity index (χ0v) is 21.6. The van der Waals surface area contributed by atoms with Gasteiger partial charge in [-0.05, 0) is 47.5 Å². The van der Waals surface area contributed by atoms with E-state index in [1.165, 1.54) is 12.1 Å². The van der Waals surface area contributed by atoms with Crippen molar-refractivity contribution in [3.8, 4) is 22.9 Å². The van der Waals surface area contributed by atoms with Gasteiger partial charge in [-0.2, -0.15) is 9.97 Å². The van der Waals surface area contributed by atoms with Gasteiger partial charge in [0.25, 0.3) is 0 Å². The fourth-order valence-electron chi connectivity index (χ4n) is 4.70. The average Bonchev–Trinajstić information content (AvgIpc) is 2.92. The SMILES string of the molecule is C=CC(=O)N1CCN(c2nc(OC(C)CN)nc3c(F)c(-c4cc(O)cc5ccccc45)c(Cl)cc23)CC1. The van der Waals surface area contributed by atoms with E-state index in [0.717, 1.165) is 10.8 Å². The molecule has 4 aromatic rings. The molecule has 196 valence electrons. The second-order valence-electron chi connectivity index (χ2n) is 9.17. The number of nitrogens with two attached hydrogens (primary N) is 1. The summed E-state index contributed by atoms with van der Waals surface area (Å²) in [6.45, 7) is 7.40. The van der Waals surface area contributed by atoms with Crippen molar-refractivity contribution < 1.29 is 19.0 Å². The van der Waals surface area contributed by atoms with E-state index in [1.807, 2.05) is 29.2 Å². The average molecular weight is 536 g/mol. The summed E-state index contributed by atoms with van der Waals surface area (Å²) in [6, 6.07) is 12.1. The van der Waals surface area contributed by atoms with Crippen LogP contribution in [0.2, 0.25) is 5.02 Å². The van der Waals surface area contributed by atoms with Crippen molar-refractivity contribution in [2.24, 2.45) is 5.73 Å². The van der Waals surface area contributed by atoms with Crippen LogP contribution >= 0.6 is 11.6 Å². The zero-order chi connectivity index (χ0) is 27.0. The molecule has 0 saturated carbocycles. The summed E-state index contributed by atoms with van der Waals surface area (Å²) in [5.74, 6) is -0.355. The Bertz CT molecular complexity index is 1560. The minimum atomic E-state index is -0.655. The number of aromatic nitrogens is 2. The second-order valence-corrected chi connectivity index (χ2v) is 9.58. The molecular formula is C28H27ClFN5O3. The number of anilines is 1. The number of benzene rings is 3. The molecule has 0 aliphatic carbocycles. The molecule has 3 N–H and O–H groups in total. The van der Waals surface area contributed by atoms with Gasteiger partial charge in [-0.15, -0.1) is 0 Å². The maximum atomic E-state index is 16.4. The van der Waals surface area contributed by atoms with E-state index in [0.29, 0.717) is 42.9 Å². The van der Waals surface area contributed by atoms with E-state index < -0.39 is 11.9 Å². The number of ether oxygens (including phenoxy) is 1. The topological polar surface area (TPSA) is 105 Å². The highest BCUT2D eigenvalue weighted by molar-refractivity contribution is 6.35. The first kappa shape index (κ1) is 25.7. The third-order valence-electron chi connectivity index (χ3n) is 6.66. The normalized spacial score (nSPS) is 14.6. The summed E-state index contributed by atoms with van der Waals surface area (Å²) in [5, 5.41) is 12.4. The van der Waals surface area contributed by atoms with Crippen LogP contribution in [0.1, 0.15) is 6.92 Å². The van der Waals surface area contributed by atoms with Gasteiger partial charge in [-0.3, -0.25) is 4.79 Å². The van der Waals surface area contributed by atoms with Crippen LogP contribution < -0.4 is 15.4 Å². The van der Waals surface area contributed by atoms with Crippen LogP contribution in [0, 0.1) is 5.82 Å². The Morgan fingerprint density at radius 1 is 1.21 bits per heavy atom. The number of hydrogen-bond donors (Lipinski definition) is 2. The molecule has 1 unspecified atom stereocenters. The predicted molar refractivity (Wildman–Crippen MR) is 147 cm³/mol. The maximum absolute atomic E-state index is 16.4. The Morgan fingerprint density at radius 3 is 2.66 bits per heavy atom. The zero-order valence-electron chi connectivity index (χ0n) is 20.8. The number of carbonyl (C=O) groups excluding carboxylic acids is 1. The first-order valence-electron chi connectivity index (χ1n) is 12.3. The number of fused-ring (bicyclic) bond motifs is 2. The quantitative estimate of drug-likeness (QED) is 0.350. The van der Waals surface area contributed by atoms with Gasteiger partial charge in [0.1, 0.15) is 23.2 Å². The molecule has 2 heterocycles. The summed E-state index contributed by atoms with van der Waals surface area (Å²) in [6.07, 6.45) is 0.893. The third-order valence-corrected chi connectivity index (χ3v) is 6.96. The van der Waals surface area contributed by atoms with E-state index in [-0.39, 0.29) is 40.3 Å². The molecule has 1 fully saturated rings. The van der Waals surface area contributed by atoms with Crippen LogP contribution in [-0.4, -0.2) is 64.7 Å². The standard InChI is InChI=1S/C28H27ClFN5O3/c1-3-23(37)34-8-10-35(11-9-34)27-21-14-22(29)24(20-13-18(36)12-17-6-4-5-7-19(17)20)25(30)26(21)32-28(33-27)38-16(2)15-31/h3-7,12-14,16,36H,1,8-11,15,31H2,2H3. The third kappa shape index (κ3) is 4.70. The van der Waals surface area contributed by atoms with Crippen molar-refractivity contribution in [2.75, 3.05) is 37.6 Å². The fraction of sp³-hybridized carbons (Fsp3) is 0.250. The van der Waals surface area contributed by atoms with E-state index in [2.05, 4.69) is 16.5 Å². The first-order chi connectivity index (χ1) is 18.3. The number of piperazine rings is 1. The van der Waals surface area contributed by atoms with Gasteiger partial charge in [0, 0.05) is 43.7 Å². The van der Waals surface area contributed by atoms with Crippen LogP contribution in [0.15, 0.2) is 55.1 Å². The van der Waals surface area contributed by atoms with Gasteiger partial charge in [-0.1, -0.05) is 42.4 Å². The van der Waals surface area contributed by atoms with Crippen LogP contribution in [0.4, 0.5) is 10.2 Å². The van der Waals surface area contributed by atoms with Crippen molar-refractivity contribution >= 4 is 45.0 Å². The molecule has 0 bridgehead atoms. The molecule has 5 rings (SSSR count). The molecule has 1 amide bonds. The number of aromatic hydroxyl groups is 1. The first-order valence-corrected chi connectivity index (χ1v) is 12.6. The number of rotatable bonds is 6. The predicted octanol–water partition coefficient (Wildman–Crippen LogP) is 4.51. The Hall–Kier alpha value is -3.95. The molecule has 10 heteroatoms. The lowest BCUT2D eigenvalue weighted by Gasteiger charge is -2.35. The molecule has 3 aromatic carbocycles. The van der Waals surface area contributed by atoms with E-state index in [9.17, 15) is 9.90 Å². The summed E-state index contributed by atoms with van der Waals surface area (Å²) in [5.41, 5.74) is 6.33. The van der Waals surface area contributed by atoms with Gasteiger partial charge < -0.3 is 25.4 Å². The monoisotopic (exact) mass is 535 g/mol. The largest absolute Gasteiger partial charge is 0.508 e. The number of phenols is 1. The summed E-state index contributed by atoms with van der Waals surface area (Å²) in [7, 11) is 0. The van der Waals surface area contributed by atoms with Crippen LogP contribution in [0.5, 0.6) is 11.8 Å². The Morgan fingerprint density at radius 2 is 1.95 bits per heavy atom. The van der Waals surface area contributed by atoms with E-state index in [1.54, 1.807) is 24.0 Å². The highest BCUT2D eigenvalue weighted by Crippen LogP contribution is 2.42. The smallest absolute Gasteiger partial charge is 0.319 e. The van der Waals surface area contributed by atoms with Gasteiger partial charge in [0.15, 0.2) is 5.82 Å². The van der Waals surface area contributed by atoms with Crippen molar-refractivity contribution in [1.82, 2.24) is 14.9 Å². The molecule has 1 aliphatic rings. The van der Waals surface area contributed by atoms with Crippen LogP contribution in [-0.2, 0) is 4.79 Å². The molecule has 0 radical (unpaired) electrons. The molecule has 0 spiro atoms. The minimum absolute atomic E-state index is 0.00891. The van der Waals surface area contributed by atoms with Crippen molar-refractivity contribution in [3.63, 3.8) is 0 Å². The minimum Gasteiger partial charge on any atom is -0.508 e. The second kappa shape index (κ2) is 10.4. The Labute approximate surface area is 224 Å². The van der Waals surface area contributed by atoms with E-state index >= 15 is 4.39 Å².